The van der Waals surface area contributed by atoms with Gasteiger partial charge in [0.1, 0.15) is 12.4 Å². The van der Waals surface area contributed by atoms with Crippen molar-refractivity contribution in [3.63, 3.8) is 0 Å². The molecule has 0 aliphatic rings. The van der Waals surface area contributed by atoms with Crippen LogP contribution in [0.25, 0.3) is 0 Å². The number of hydrogen-bond acceptors (Lipinski definition) is 2. The molecular formula is C17H17ClO2. The van der Waals surface area contributed by atoms with Crippen LogP contribution >= 0.6 is 11.6 Å². The SMILES string of the molecule is Cc1cccc(COc2ccc(C(=O)CCCl)cc2)c1. The Labute approximate surface area is 124 Å². The standard InChI is InChI=1S/C17H17ClO2/c1-13-3-2-4-14(11-13)12-20-16-7-5-15(6-8-16)17(19)9-10-18/h2-8,11H,9-10,12H2,1H3. The van der Waals surface area contributed by atoms with Gasteiger partial charge in [0.25, 0.3) is 0 Å². The van der Waals surface area contributed by atoms with Gasteiger partial charge in [0.05, 0.1) is 0 Å². The zero-order valence-corrected chi connectivity index (χ0v) is 12.2. The maximum atomic E-state index is 11.6. The minimum Gasteiger partial charge on any atom is -0.489 e. The fraction of sp³-hybridized carbons (Fsp3) is 0.235. The Morgan fingerprint density at radius 3 is 2.55 bits per heavy atom. The molecule has 0 saturated heterocycles. The van der Waals surface area contributed by atoms with Gasteiger partial charge in [-0.2, -0.15) is 0 Å². The Morgan fingerprint density at radius 2 is 1.90 bits per heavy atom. The second-order valence-electron chi connectivity index (χ2n) is 4.66. The van der Waals surface area contributed by atoms with E-state index in [1.165, 1.54) is 5.56 Å². The highest BCUT2D eigenvalue weighted by Crippen LogP contribution is 2.16. The van der Waals surface area contributed by atoms with E-state index in [0.29, 0.717) is 24.5 Å². The van der Waals surface area contributed by atoms with Gasteiger partial charge in [-0.15, -0.1) is 11.6 Å². The summed E-state index contributed by atoms with van der Waals surface area (Å²) >= 11 is 5.56. The van der Waals surface area contributed by atoms with Crippen LogP contribution in [0.15, 0.2) is 48.5 Å². The van der Waals surface area contributed by atoms with Crippen LogP contribution in [0, 0.1) is 6.92 Å². The van der Waals surface area contributed by atoms with E-state index in [2.05, 4.69) is 19.1 Å². The van der Waals surface area contributed by atoms with E-state index in [1.54, 1.807) is 12.1 Å². The van der Waals surface area contributed by atoms with E-state index in [0.717, 1.165) is 11.3 Å². The molecule has 0 aromatic heterocycles. The molecule has 2 rings (SSSR count). The predicted octanol–water partition coefficient (Wildman–Crippen LogP) is 4.39. The van der Waals surface area contributed by atoms with Crippen molar-refractivity contribution in [3.05, 3.63) is 65.2 Å². The van der Waals surface area contributed by atoms with Crippen LogP contribution in [-0.2, 0) is 6.61 Å². The summed E-state index contributed by atoms with van der Waals surface area (Å²) in [6.45, 7) is 2.58. The first-order valence-corrected chi connectivity index (χ1v) is 7.10. The first-order valence-electron chi connectivity index (χ1n) is 6.56. The van der Waals surface area contributed by atoms with Crippen molar-refractivity contribution in [2.75, 3.05) is 5.88 Å². The minimum absolute atomic E-state index is 0.0604. The molecule has 2 nitrogen and oxygen atoms in total. The highest BCUT2D eigenvalue weighted by molar-refractivity contribution is 6.19. The second kappa shape index (κ2) is 7.11. The summed E-state index contributed by atoms with van der Waals surface area (Å²) in [6, 6.07) is 15.4. The Hall–Kier alpha value is -1.80. The van der Waals surface area contributed by atoms with Crippen LogP contribution in [0.4, 0.5) is 0 Å². The number of carbonyl (C=O) groups is 1. The molecule has 0 amide bonds. The molecule has 104 valence electrons. The monoisotopic (exact) mass is 288 g/mol. The fourth-order valence-electron chi connectivity index (χ4n) is 1.94. The van der Waals surface area contributed by atoms with Crippen LogP contribution < -0.4 is 4.74 Å². The lowest BCUT2D eigenvalue weighted by Gasteiger charge is -2.07. The molecule has 0 bridgehead atoms. The summed E-state index contributed by atoms with van der Waals surface area (Å²) in [5.41, 5.74) is 3.02. The molecule has 3 heteroatoms. The largest absolute Gasteiger partial charge is 0.489 e. The van der Waals surface area contributed by atoms with Gasteiger partial charge in [-0.1, -0.05) is 29.8 Å². The molecule has 20 heavy (non-hydrogen) atoms. The summed E-state index contributed by atoms with van der Waals surface area (Å²) in [6.07, 6.45) is 0.366. The number of Topliss-reactive ketones (excluding diaryl/α,β-unsaturated/α-hetero) is 1. The average Bonchev–Trinajstić information content (AvgIpc) is 2.46. The van der Waals surface area contributed by atoms with Gasteiger partial charge in [0.15, 0.2) is 5.78 Å². The number of ether oxygens (including phenoxy) is 1. The van der Waals surface area contributed by atoms with Crippen molar-refractivity contribution in [1.29, 1.82) is 0 Å². The van der Waals surface area contributed by atoms with Crippen molar-refractivity contribution in [2.24, 2.45) is 0 Å². The van der Waals surface area contributed by atoms with Gasteiger partial charge < -0.3 is 4.74 Å². The molecule has 0 unspecified atom stereocenters. The highest BCUT2D eigenvalue weighted by Gasteiger charge is 2.05. The van der Waals surface area contributed by atoms with Gasteiger partial charge >= 0.3 is 0 Å². The summed E-state index contributed by atoms with van der Waals surface area (Å²) in [5.74, 6) is 1.17. The molecule has 0 fully saturated rings. The number of carbonyl (C=O) groups excluding carboxylic acids is 1. The van der Waals surface area contributed by atoms with Crippen LogP contribution in [0.1, 0.15) is 27.9 Å². The van der Waals surface area contributed by atoms with Gasteiger partial charge in [-0.05, 0) is 36.8 Å². The summed E-state index contributed by atoms with van der Waals surface area (Å²) in [7, 11) is 0. The zero-order chi connectivity index (χ0) is 14.4. The van der Waals surface area contributed by atoms with Crippen LogP contribution in [-0.4, -0.2) is 11.7 Å². The maximum Gasteiger partial charge on any atom is 0.164 e. The molecule has 0 heterocycles. The lowest BCUT2D eigenvalue weighted by atomic mass is 10.1. The predicted molar refractivity (Wildman–Crippen MR) is 81.6 cm³/mol. The fourth-order valence-corrected chi connectivity index (χ4v) is 2.11. The first kappa shape index (κ1) is 14.6. The summed E-state index contributed by atoms with van der Waals surface area (Å²) < 4.78 is 5.70. The van der Waals surface area contributed by atoms with Crippen molar-refractivity contribution in [3.8, 4) is 5.75 Å². The van der Waals surface area contributed by atoms with E-state index in [4.69, 9.17) is 16.3 Å². The Balaban J connectivity index is 1.95. The lowest BCUT2D eigenvalue weighted by molar-refractivity contribution is 0.0989. The van der Waals surface area contributed by atoms with E-state index in [9.17, 15) is 4.79 Å². The van der Waals surface area contributed by atoms with E-state index >= 15 is 0 Å². The Kier molecular flexibility index (Phi) is 5.19. The average molecular weight is 289 g/mol. The number of ketones is 1. The highest BCUT2D eigenvalue weighted by atomic mass is 35.5. The molecular weight excluding hydrogens is 272 g/mol. The van der Waals surface area contributed by atoms with E-state index in [-0.39, 0.29) is 5.78 Å². The van der Waals surface area contributed by atoms with Crippen molar-refractivity contribution in [2.45, 2.75) is 20.0 Å². The molecule has 0 saturated carbocycles. The Bertz CT molecular complexity index is 576. The number of benzene rings is 2. The van der Waals surface area contributed by atoms with Crippen LogP contribution in [0.5, 0.6) is 5.75 Å². The van der Waals surface area contributed by atoms with E-state index in [1.807, 2.05) is 24.3 Å². The van der Waals surface area contributed by atoms with Gasteiger partial charge in [0, 0.05) is 17.9 Å². The van der Waals surface area contributed by atoms with Gasteiger partial charge in [-0.3, -0.25) is 4.79 Å². The number of rotatable bonds is 6. The molecule has 0 spiro atoms. The number of alkyl halides is 1. The first-order chi connectivity index (χ1) is 9.69. The molecule has 2 aromatic rings. The quantitative estimate of drug-likeness (QED) is 0.582. The molecule has 0 radical (unpaired) electrons. The molecule has 0 aliphatic heterocycles. The normalized spacial score (nSPS) is 10.3. The van der Waals surface area contributed by atoms with Crippen molar-refractivity contribution in [1.82, 2.24) is 0 Å². The van der Waals surface area contributed by atoms with Gasteiger partial charge in [0.2, 0.25) is 0 Å². The minimum atomic E-state index is 0.0604. The van der Waals surface area contributed by atoms with Gasteiger partial charge in [-0.25, -0.2) is 0 Å². The van der Waals surface area contributed by atoms with Crippen molar-refractivity contribution < 1.29 is 9.53 Å². The van der Waals surface area contributed by atoms with Crippen LogP contribution in [0.2, 0.25) is 0 Å². The topological polar surface area (TPSA) is 26.3 Å². The second-order valence-corrected chi connectivity index (χ2v) is 5.04. The molecule has 0 aliphatic carbocycles. The smallest absolute Gasteiger partial charge is 0.164 e. The Morgan fingerprint density at radius 1 is 1.15 bits per heavy atom. The molecule has 0 atom stereocenters. The number of aryl methyl sites for hydroxylation is 1. The molecule has 2 aromatic carbocycles. The summed E-state index contributed by atoms with van der Waals surface area (Å²) in [4.78, 5) is 11.6. The third-order valence-electron chi connectivity index (χ3n) is 2.99. The third kappa shape index (κ3) is 4.10. The summed E-state index contributed by atoms with van der Waals surface area (Å²) in [5, 5.41) is 0. The third-order valence-corrected chi connectivity index (χ3v) is 3.17. The van der Waals surface area contributed by atoms with E-state index < -0.39 is 0 Å². The maximum absolute atomic E-state index is 11.6. The lowest BCUT2D eigenvalue weighted by Crippen LogP contribution is -2.00. The number of halogens is 1. The van der Waals surface area contributed by atoms with Crippen LogP contribution in [0.3, 0.4) is 0 Å². The molecule has 0 N–H and O–H groups in total. The van der Waals surface area contributed by atoms with Crippen molar-refractivity contribution >= 4 is 17.4 Å². The zero-order valence-electron chi connectivity index (χ0n) is 11.4. The number of hydrogen-bond donors (Lipinski definition) is 0.